The zero-order valence-corrected chi connectivity index (χ0v) is 15.5. The average Bonchev–Trinajstić information content (AvgIpc) is 2.42. The van der Waals surface area contributed by atoms with Crippen molar-refractivity contribution in [2.45, 2.75) is 102 Å². The largest absolute Gasteiger partial charge is 0.158 e. The Balaban J connectivity index is 3.91. The highest BCUT2D eigenvalue weighted by atomic mass is 32.2. The van der Waals surface area contributed by atoms with Gasteiger partial charge in [0.2, 0.25) is 0 Å². The molecule has 0 aliphatic rings. The van der Waals surface area contributed by atoms with Crippen LogP contribution in [0.4, 0.5) is 0 Å². The van der Waals surface area contributed by atoms with Crippen LogP contribution in [0.1, 0.15) is 86.0 Å². The predicted molar refractivity (Wildman–Crippen MR) is 96.7 cm³/mol. The van der Waals surface area contributed by atoms with E-state index in [0.717, 1.165) is 15.7 Å². The SMILES string of the molecule is CCCCCCSC(C)C(CC)SC(CC)CCC. The molecule has 0 aromatic carbocycles. The molecule has 3 atom stereocenters. The lowest BCUT2D eigenvalue weighted by Gasteiger charge is -2.26. The zero-order chi connectivity index (χ0) is 14.5. The van der Waals surface area contributed by atoms with Gasteiger partial charge in [0.05, 0.1) is 0 Å². The second-order valence-corrected chi connectivity index (χ2v) is 8.57. The van der Waals surface area contributed by atoms with Crippen LogP contribution in [0.25, 0.3) is 0 Å². The first-order valence-electron chi connectivity index (χ1n) is 8.46. The van der Waals surface area contributed by atoms with Gasteiger partial charge in [-0.3, -0.25) is 0 Å². The summed E-state index contributed by atoms with van der Waals surface area (Å²) in [6.07, 6.45) is 11.0. The Bertz CT molecular complexity index is 182. The Hall–Kier alpha value is 0.700. The van der Waals surface area contributed by atoms with Gasteiger partial charge in [0.1, 0.15) is 0 Å². The van der Waals surface area contributed by atoms with Gasteiger partial charge in [0, 0.05) is 15.7 Å². The summed E-state index contributed by atoms with van der Waals surface area (Å²) < 4.78 is 0. The molecule has 0 heterocycles. The molecule has 0 saturated heterocycles. The van der Waals surface area contributed by atoms with E-state index < -0.39 is 0 Å². The highest BCUT2D eigenvalue weighted by Gasteiger charge is 2.20. The van der Waals surface area contributed by atoms with E-state index in [0.29, 0.717) is 0 Å². The molecule has 0 fully saturated rings. The Labute approximate surface area is 131 Å². The fourth-order valence-corrected chi connectivity index (χ4v) is 5.43. The van der Waals surface area contributed by atoms with E-state index >= 15 is 0 Å². The molecular weight excluding hydrogens is 268 g/mol. The summed E-state index contributed by atoms with van der Waals surface area (Å²) in [4.78, 5) is 0. The quantitative estimate of drug-likeness (QED) is 0.344. The van der Waals surface area contributed by atoms with Crippen molar-refractivity contribution in [3.05, 3.63) is 0 Å². The van der Waals surface area contributed by atoms with Crippen molar-refractivity contribution in [3.8, 4) is 0 Å². The fraction of sp³-hybridized carbons (Fsp3) is 1.00. The molecule has 0 amide bonds. The van der Waals surface area contributed by atoms with Gasteiger partial charge in [0.15, 0.2) is 0 Å². The highest BCUT2D eigenvalue weighted by Crippen LogP contribution is 2.33. The molecule has 19 heavy (non-hydrogen) atoms. The molecule has 0 aliphatic heterocycles. The van der Waals surface area contributed by atoms with Crippen molar-refractivity contribution >= 4 is 23.5 Å². The van der Waals surface area contributed by atoms with Crippen molar-refractivity contribution < 1.29 is 0 Å². The van der Waals surface area contributed by atoms with Gasteiger partial charge in [-0.15, -0.1) is 0 Å². The van der Waals surface area contributed by atoms with E-state index in [1.165, 1.54) is 57.1 Å². The summed E-state index contributed by atoms with van der Waals surface area (Å²) in [6, 6.07) is 0. The maximum absolute atomic E-state index is 2.45. The molecule has 0 saturated carbocycles. The normalized spacial score (nSPS) is 16.3. The Kier molecular flexibility index (Phi) is 14.2. The van der Waals surface area contributed by atoms with Crippen LogP contribution in [0.5, 0.6) is 0 Å². The van der Waals surface area contributed by atoms with Crippen LogP contribution in [0.2, 0.25) is 0 Å². The maximum Gasteiger partial charge on any atom is 0.0163 e. The van der Waals surface area contributed by atoms with Gasteiger partial charge in [-0.2, -0.15) is 23.5 Å². The van der Waals surface area contributed by atoms with E-state index in [-0.39, 0.29) is 0 Å². The smallest absolute Gasteiger partial charge is 0.0163 e. The lowest BCUT2D eigenvalue weighted by atomic mass is 10.2. The number of hydrogen-bond donors (Lipinski definition) is 0. The maximum atomic E-state index is 2.45. The second kappa shape index (κ2) is 13.7. The van der Waals surface area contributed by atoms with Crippen LogP contribution in [0, 0.1) is 0 Å². The lowest BCUT2D eigenvalue weighted by Crippen LogP contribution is -2.20. The summed E-state index contributed by atoms with van der Waals surface area (Å²) in [5, 5.41) is 2.56. The molecule has 3 unspecified atom stereocenters. The van der Waals surface area contributed by atoms with Gasteiger partial charge in [0.25, 0.3) is 0 Å². The minimum atomic E-state index is 0.822. The molecule has 0 aromatic heterocycles. The second-order valence-electron chi connectivity index (χ2n) is 5.54. The molecule has 0 spiro atoms. The first-order chi connectivity index (χ1) is 9.19. The minimum Gasteiger partial charge on any atom is -0.158 e. The number of thioether (sulfide) groups is 2. The third-order valence-corrected chi connectivity index (χ3v) is 7.33. The van der Waals surface area contributed by atoms with Crippen molar-refractivity contribution in [2.24, 2.45) is 0 Å². The number of unbranched alkanes of at least 4 members (excludes halogenated alkanes) is 3. The third kappa shape index (κ3) is 10.1. The molecule has 116 valence electrons. The first-order valence-corrected chi connectivity index (χ1v) is 10.5. The Morgan fingerprint density at radius 2 is 1.58 bits per heavy atom. The van der Waals surface area contributed by atoms with Gasteiger partial charge in [-0.05, 0) is 31.4 Å². The van der Waals surface area contributed by atoms with Crippen molar-refractivity contribution in [3.63, 3.8) is 0 Å². The van der Waals surface area contributed by atoms with Crippen molar-refractivity contribution in [1.82, 2.24) is 0 Å². The summed E-state index contributed by atoms with van der Waals surface area (Å²) in [6.45, 7) is 11.8. The van der Waals surface area contributed by atoms with Crippen LogP contribution < -0.4 is 0 Å². The highest BCUT2D eigenvalue weighted by molar-refractivity contribution is 8.04. The molecule has 0 N–H and O–H groups in total. The summed E-state index contributed by atoms with van der Waals surface area (Å²) in [5.41, 5.74) is 0. The lowest BCUT2D eigenvalue weighted by molar-refractivity contribution is 0.700. The van der Waals surface area contributed by atoms with E-state index in [1.807, 2.05) is 0 Å². The monoisotopic (exact) mass is 304 g/mol. The summed E-state index contributed by atoms with van der Waals surface area (Å²) >= 11 is 4.48. The van der Waals surface area contributed by atoms with Gasteiger partial charge >= 0.3 is 0 Å². The molecule has 0 bridgehead atoms. The van der Waals surface area contributed by atoms with Crippen LogP contribution >= 0.6 is 23.5 Å². The standard InChI is InChI=1S/C17H36S2/c1-6-10-11-12-14-18-15(5)17(9-4)19-16(8-3)13-7-2/h15-17H,6-14H2,1-5H3. The van der Waals surface area contributed by atoms with Crippen LogP contribution in [0.3, 0.4) is 0 Å². The fourth-order valence-electron chi connectivity index (χ4n) is 2.38. The van der Waals surface area contributed by atoms with Crippen molar-refractivity contribution in [2.75, 3.05) is 5.75 Å². The van der Waals surface area contributed by atoms with E-state index in [1.54, 1.807) is 0 Å². The zero-order valence-electron chi connectivity index (χ0n) is 13.9. The molecule has 0 aliphatic carbocycles. The summed E-state index contributed by atoms with van der Waals surface area (Å²) in [7, 11) is 0. The van der Waals surface area contributed by atoms with Gasteiger partial charge < -0.3 is 0 Å². The van der Waals surface area contributed by atoms with E-state index in [9.17, 15) is 0 Å². The molecule has 0 rings (SSSR count). The molecule has 0 aromatic rings. The average molecular weight is 305 g/mol. The number of hydrogen-bond acceptors (Lipinski definition) is 2. The number of rotatable bonds is 13. The minimum absolute atomic E-state index is 0.822. The first kappa shape index (κ1) is 19.7. The van der Waals surface area contributed by atoms with E-state index in [4.69, 9.17) is 0 Å². The predicted octanol–water partition coefficient (Wildman–Crippen LogP) is 6.78. The third-order valence-electron chi connectivity index (χ3n) is 3.74. The Morgan fingerprint density at radius 1 is 0.842 bits per heavy atom. The summed E-state index contributed by atoms with van der Waals surface area (Å²) in [5.74, 6) is 1.36. The topological polar surface area (TPSA) is 0 Å². The Morgan fingerprint density at radius 3 is 2.11 bits per heavy atom. The van der Waals surface area contributed by atoms with Gasteiger partial charge in [-0.1, -0.05) is 60.3 Å². The van der Waals surface area contributed by atoms with Crippen molar-refractivity contribution in [1.29, 1.82) is 0 Å². The molecule has 2 heteroatoms. The van der Waals surface area contributed by atoms with Crippen LogP contribution in [0.15, 0.2) is 0 Å². The van der Waals surface area contributed by atoms with E-state index in [2.05, 4.69) is 58.1 Å². The van der Waals surface area contributed by atoms with Crippen LogP contribution in [-0.2, 0) is 0 Å². The van der Waals surface area contributed by atoms with Gasteiger partial charge in [-0.25, -0.2) is 0 Å². The molecule has 0 nitrogen and oxygen atoms in total. The van der Waals surface area contributed by atoms with Crippen LogP contribution in [-0.4, -0.2) is 21.5 Å². The molecule has 0 radical (unpaired) electrons. The molecular formula is C17H36S2.